The normalized spacial score (nSPS) is 18.3. The molecule has 3 nitrogen and oxygen atoms in total. The lowest BCUT2D eigenvalue weighted by Crippen LogP contribution is -2.18. The van der Waals surface area contributed by atoms with Crippen molar-refractivity contribution in [1.29, 1.82) is 5.41 Å². The van der Waals surface area contributed by atoms with Crippen molar-refractivity contribution in [3.8, 4) is 0 Å². The average molecular weight is 283 g/mol. The maximum absolute atomic E-state index is 11.3. The predicted octanol–water partition coefficient (Wildman–Crippen LogP) is 2.59. The van der Waals surface area contributed by atoms with Crippen molar-refractivity contribution in [3.05, 3.63) is 39.2 Å². The number of amidine groups is 1. The molecule has 0 spiro atoms. The second-order valence-corrected chi connectivity index (χ2v) is 4.82. The Balaban J connectivity index is 2.35. The molecule has 15 heavy (non-hydrogen) atoms. The zero-order valence-electron chi connectivity index (χ0n) is 7.58. The number of amides is 1. The van der Waals surface area contributed by atoms with E-state index >= 15 is 0 Å². The van der Waals surface area contributed by atoms with Gasteiger partial charge in [0.2, 0.25) is 0 Å². The van der Waals surface area contributed by atoms with Crippen LogP contribution in [0.4, 0.5) is 0 Å². The first-order valence-corrected chi connectivity index (χ1v) is 5.82. The van der Waals surface area contributed by atoms with Gasteiger partial charge in [0, 0.05) is 4.47 Å². The van der Waals surface area contributed by atoms with Gasteiger partial charge in [-0.1, -0.05) is 34.1 Å². The van der Waals surface area contributed by atoms with Gasteiger partial charge in [-0.05, 0) is 29.5 Å². The van der Waals surface area contributed by atoms with Crippen LogP contribution in [0.2, 0.25) is 0 Å². The first-order valence-electron chi connectivity index (χ1n) is 4.21. The minimum atomic E-state index is -0.208. The third kappa shape index (κ3) is 2.30. The van der Waals surface area contributed by atoms with E-state index in [9.17, 15) is 4.79 Å². The summed E-state index contributed by atoms with van der Waals surface area (Å²) in [5.41, 5.74) is 0.935. The van der Waals surface area contributed by atoms with Gasteiger partial charge in [0.1, 0.15) is 0 Å². The van der Waals surface area contributed by atoms with Gasteiger partial charge in [-0.15, -0.1) is 0 Å². The fraction of sp³-hybridized carbons (Fsp3) is 0. The standard InChI is InChI=1S/C10H7BrN2OS/c11-7-4-2-1-3-6(7)5-8-9(14)13-10(12)15-8/h1-5H,(H2,12,13,14)/b8-5+. The molecule has 1 aromatic rings. The third-order valence-electron chi connectivity index (χ3n) is 1.85. The predicted molar refractivity (Wildman–Crippen MR) is 65.6 cm³/mol. The van der Waals surface area contributed by atoms with E-state index in [0.29, 0.717) is 4.91 Å². The highest BCUT2D eigenvalue weighted by molar-refractivity contribution is 9.10. The molecule has 1 aliphatic rings. The van der Waals surface area contributed by atoms with Crippen LogP contribution < -0.4 is 5.32 Å². The van der Waals surface area contributed by atoms with E-state index < -0.39 is 0 Å². The maximum Gasteiger partial charge on any atom is 0.264 e. The van der Waals surface area contributed by atoms with Crippen molar-refractivity contribution < 1.29 is 4.79 Å². The molecule has 0 aromatic heterocycles. The number of hydrogen-bond donors (Lipinski definition) is 2. The van der Waals surface area contributed by atoms with Crippen molar-refractivity contribution in [2.75, 3.05) is 0 Å². The largest absolute Gasteiger partial charge is 0.301 e. The topological polar surface area (TPSA) is 53.0 Å². The SMILES string of the molecule is N=C1NC(=O)/C(=C\c2ccccc2Br)S1. The highest BCUT2D eigenvalue weighted by Gasteiger charge is 2.22. The molecule has 0 bridgehead atoms. The number of thioether (sulfide) groups is 1. The maximum atomic E-state index is 11.3. The van der Waals surface area contributed by atoms with E-state index in [2.05, 4.69) is 21.2 Å². The molecule has 2 N–H and O–H groups in total. The van der Waals surface area contributed by atoms with E-state index in [4.69, 9.17) is 5.41 Å². The fourth-order valence-corrected chi connectivity index (χ4v) is 2.27. The number of carbonyl (C=O) groups is 1. The van der Waals surface area contributed by atoms with Crippen molar-refractivity contribution in [2.24, 2.45) is 0 Å². The molecule has 5 heteroatoms. The average Bonchev–Trinajstić information content (AvgIpc) is 2.49. The molecule has 0 saturated carbocycles. The third-order valence-corrected chi connectivity index (χ3v) is 3.41. The Labute approximate surface area is 99.6 Å². The molecule has 76 valence electrons. The van der Waals surface area contributed by atoms with E-state index in [1.807, 2.05) is 24.3 Å². The number of halogens is 1. The van der Waals surface area contributed by atoms with Crippen LogP contribution in [0.5, 0.6) is 0 Å². The zero-order chi connectivity index (χ0) is 10.8. The van der Waals surface area contributed by atoms with Crippen LogP contribution in [-0.4, -0.2) is 11.1 Å². The molecule has 0 atom stereocenters. The highest BCUT2D eigenvalue weighted by Crippen LogP contribution is 2.27. The summed E-state index contributed by atoms with van der Waals surface area (Å²) in [6.07, 6.45) is 1.77. The van der Waals surface area contributed by atoms with Gasteiger partial charge >= 0.3 is 0 Å². The molecule has 1 heterocycles. The summed E-state index contributed by atoms with van der Waals surface area (Å²) in [4.78, 5) is 11.9. The molecule has 1 amide bonds. The van der Waals surface area contributed by atoms with Crippen LogP contribution in [0.25, 0.3) is 6.08 Å². The molecule has 2 rings (SSSR count). The van der Waals surface area contributed by atoms with E-state index in [1.54, 1.807) is 6.08 Å². The number of nitrogens with one attached hydrogen (secondary N) is 2. The van der Waals surface area contributed by atoms with Gasteiger partial charge in [0.05, 0.1) is 4.91 Å². The number of carbonyl (C=O) groups excluding carboxylic acids is 1. The van der Waals surface area contributed by atoms with E-state index in [0.717, 1.165) is 21.8 Å². The molecule has 0 aliphatic carbocycles. The van der Waals surface area contributed by atoms with Gasteiger partial charge in [-0.25, -0.2) is 0 Å². The monoisotopic (exact) mass is 282 g/mol. The first kappa shape index (κ1) is 10.4. The molecule has 0 radical (unpaired) electrons. The van der Waals surface area contributed by atoms with Gasteiger partial charge < -0.3 is 5.32 Å². The van der Waals surface area contributed by atoms with Gasteiger partial charge in [0.15, 0.2) is 5.17 Å². The van der Waals surface area contributed by atoms with Crippen LogP contribution >= 0.6 is 27.7 Å². The summed E-state index contributed by atoms with van der Waals surface area (Å²) in [6, 6.07) is 7.64. The Kier molecular flexibility index (Phi) is 2.93. The Morgan fingerprint density at radius 3 is 2.73 bits per heavy atom. The quantitative estimate of drug-likeness (QED) is 0.778. The zero-order valence-corrected chi connectivity index (χ0v) is 9.98. The Hall–Kier alpha value is -1.07. The van der Waals surface area contributed by atoms with E-state index in [1.165, 1.54) is 0 Å². The lowest BCUT2D eigenvalue weighted by Gasteiger charge is -1.97. The van der Waals surface area contributed by atoms with Crippen molar-refractivity contribution in [2.45, 2.75) is 0 Å². The summed E-state index contributed by atoms with van der Waals surface area (Å²) >= 11 is 4.54. The summed E-state index contributed by atoms with van der Waals surface area (Å²) in [6.45, 7) is 0. The highest BCUT2D eigenvalue weighted by atomic mass is 79.9. The lowest BCUT2D eigenvalue weighted by atomic mass is 10.2. The summed E-state index contributed by atoms with van der Waals surface area (Å²) in [5, 5.41) is 9.92. The van der Waals surface area contributed by atoms with Gasteiger partial charge in [0.25, 0.3) is 5.91 Å². The fourth-order valence-electron chi connectivity index (χ4n) is 1.17. The molecule has 0 unspecified atom stereocenters. The van der Waals surface area contributed by atoms with Crippen LogP contribution in [0.1, 0.15) is 5.56 Å². The smallest absolute Gasteiger partial charge is 0.264 e. The Morgan fingerprint density at radius 1 is 1.40 bits per heavy atom. The van der Waals surface area contributed by atoms with Crippen molar-refractivity contribution >= 4 is 44.8 Å². The lowest BCUT2D eigenvalue weighted by molar-refractivity contribution is -0.115. The molecular formula is C10H7BrN2OS. The Bertz CT molecular complexity index is 470. The number of benzene rings is 1. The van der Waals surface area contributed by atoms with Crippen LogP contribution in [-0.2, 0) is 4.79 Å². The molecule has 1 aliphatic heterocycles. The minimum Gasteiger partial charge on any atom is -0.301 e. The molecule has 1 aromatic carbocycles. The molecule has 1 saturated heterocycles. The van der Waals surface area contributed by atoms with Crippen molar-refractivity contribution in [1.82, 2.24) is 5.32 Å². The second kappa shape index (κ2) is 4.20. The number of hydrogen-bond acceptors (Lipinski definition) is 3. The van der Waals surface area contributed by atoms with Gasteiger partial charge in [-0.2, -0.15) is 0 Å². The molecule has 1 fully saturated rings. The van der Waals surface area contributed by atoms with Crippen LogP contribution in [0.15, 0.2) is 33.6 Å². The van der Waals surface area contributed by atoms with Crippen LogP contribution in [0, 0.1) is 5.41 Å². The first-order chi connectivity index (χ1) is 7.16. The summed E-state index contributed by atoms with van der Waals surface area (Å²) in [5.74, 6) is -0.208. The summed E-state index contributed by atoms with van der Waals surface area (Å²) in [7, 11) is 0. The van der Waals surface area contributed by atoms with E-state index in [-0.39, 0.29) is 11.1 Å². The van der Waals surface area contributed by atoms with Gasteiger partial charge in [-0.3, -0.25) is 10.2 Å². The number of rotatable bonds is 1. The second-order valence-electron chi connectivity index (χ2n) is 2.92. The van der Waals surface area contributed by atoms with Crippen molar-refractivity contribution in [3.63, 3.8) is 0 Å². The van der Waals surface area contributed by atoms with Crippen LogP contribution in [0.3, 0.4) is 0 Å². The molecular weight excluding hydrogens is 276 g/mol. The summed E-state index contributed by atoms with van der Waals surface area (Å²) < 4.78 is 0.935. The minimum absolute atomic E-state index is 0.179. The Morgan fingerprint density at radius 2 is 2.13 bits per heavy atom.